The summed E-state index contributed by atoms with van der Waals surface area (Å²) in [5.74, 6) is 0. The van der Waals surface area contributed by atoms with Crippen LogP contribution in [0.2, 0.25) is 0 Å². The first-order valence-corrected chi connectivity index (χ1v) is 6.93. The zero-order chi connectivity index (χ0) is 14.8. The van der Waals surface area contributed by atoms with E-state index in [9.17, 15) is 9.90 Å². The summed E-state index contributed by atoms with van der Waals surface area (Å²) < 4.78 is 11.4. The molecule has 1 heterocycles. The molecular weight excluding hydrogens is 246 g/mol. The number of ether oxygens (including phenoxy) is 2. The average molecular weight is 273 g/mol. The van der Waals surface area contributed by atoms with Crippen LogP contribution in [0.5, 0.6) is 0 Å². The van der Waals surface area contributed by atoms with Gasteiger partial charge in [-0.1, -0.05) is 6.92 Å². The molecule has 1 N–H and O–H groups in total. The Balaban J connectivity index is 2.95. The lowest BCUT2D eigenvalue weighted by Crippen LogP contribution is -2.50. The Morgan fingerprint density at radius 2 is 2.00 bits per heavy atom. The zero-order valence-corrected chi connectivity index (χ0v) is 12.9. The summed E-state index contributed by atoms with van der Waals surface area (Å²) in [6.07, 6.45) is 0.857. The van der Waals surface area contributed by atoms with Crippen LogP contribution in [0.1, 0.15) is 54.4 Å². The number of carbonyl (C=O) groups excluding carboxylic acids is 1. The van der Waals surface area contributed by atoms with Crippen molar-refractivity contribution in [3.63, 3.8) is 0 Å². The Labute approximate surface area is 115 Å². The van der Waals surface area contributed by atoms with E-state index in [1.165, 1.54) is 0 Å². The van der Waals surface area contributed by atoms with Gasteiger partial charge in [0.05, 0.1) is 12.1 Å². The van der Waals surface area contributed by atoms with Crippen LogP contribution in [0.4, 0.5) is 4.79 Å². The van der Waals surface area contributed by atoms with Gasteiger partial charge in [0.2, 0.25) is 0 Å². The maximum Gasteiger partial charge on any atom is 0.412 e. The van der Waals surface area contributed by atoms with Crippen LogP contribution in [0.25, 0.3) is 0 Å². The lowest BCUT2D eigenvalue weighted by molar-refractivity contribution is -0.0792. The van der Waals surface area contributed by atoms with Gasteiger partial charge in [-0.3, -0.25) is 4.90 Å². The Hall–Kier alpha value is -0.810. The van der Waals surface area contributed by atoms with E-state index in [1.54, 1.807) is 4.90 Å². The van der Waals surface area contributed by atoms with Gasteiger partial charge in [0.25, 0.3) is 0 Å². The van der Waals surface area contributed by atoms with E-state index in [0.29, 0.717) is 6.42 Å². The van der Waals surface area contributed by atoms with Crippen LogP contribution in [-0.4, -0.2) is 46.2 Å². The van der Waals surface area contributed by atoms with Gasteiger partial charge in [-0.05, 0) is 47.5 Å². The van der Waals surface area contributed by atoms with Crippen molar-refractivity contribution in [3.05, 3.63) is 0 Å². The predicted molar refractivity (Wildman–Crippen MR) is 72.8 cm³/mol. The molecule has 1 fully saturated rings. The van der Waals surface area contributed by atoms with Gasteiger partial charge in [-0.2, -0.15) is 0 Å². The number of rotatable bonds is 3. The summed E-state index contributed by atoms with van der Waals surface area (Å²) >= 11 is 0. The van der Waals surface area contributed by atoms with Gasteiger partial charge >= 0.3 is 6.09 Å². The van der Waals surface area contributed by atoms with E-state index in [1.807, 2.05) is 41.5 Å². The fourth-order valence-electron chi connectivity index (χ4n) is 2.54. The molecule has 0 saturated carbocycles. The molecule has 1 aliphatic rings. The van der Waals surface area contributed by atoms with Gasteiger partial charge in [-0.25, -0.2) is 4.79 Å². The van der Waals surface area contributed by atoms with Crippen molar-refractivity contribution in [1.29, 1.82) is 0 Å². The largest absolute Gasteiger partial charge is 0.444 e. The number of nitrogens with zero attached hydrogens (tertiary/aromatic N) is 1. The summed E-state index contributed by atoms with van der Waals surface area (Å²) in [6, 6.07) is -0.139. The lowest BCUT2D eigenvalue weighted by Gasteiger charge is -2.35. The Morgan fingerprint density at radius 1 is 1.42 bits per heavy atom. The number of hydrogen-bond donors (Lipinski definition) is 1. The maximum atomic E-state index is 12.4. The fraction of sp³-hybridized carbons (Fsp3) is 0.929. The van der Waals surface area contributed by atoms with E-state index in [-0.39, 0.29) is 24.8 Å². The minimum Gasteiger partial charge on any atom is -0.444 e. The molecule has 0 spiro atoms. The van der Waals surface area contributed by atoms with Crippen molar-refractivity contribution in [1.82, 2.24) is 4.90 Å². The van der Waals surface area contributed by atoms with E-state index in [0.717, 1.165) is 6.42 Å². The van der Waals surface area contributed by atoms with E-state index >= 15 is 0 Å². The highest BCUT2D eigenvalue weighted by molar-refractivity contribution is 5.70. The monoisotopic (exact) mass is 273 g/mol. The number of aliphatic hydroxyl groups excluding tert-OH is 1. The summed E-state index contributed by atoms with van der Waals surface area (Å²) in [7, 11) is 0. The summed E-state index contributed by atoms with van der Waals surface area (Å²) in [6.45, 7) is 11.3. The van der Waals surface area contributed by atoms with Crippen LogP contribution >= 0.6 is 0 Å². The average Bonchev–Trinajstić information content (AvgIpc) is 2.47. The first kappa shape index (κ1) is 16.2. The van der Waals surface area contributed by atoms with Gasteiger partial charge in [0.15, 0.2) is 0 Å². The Morgan fingerprint density at radius 3 is 2.42 bits per heavy atom. The standard InChI is InChI=1S/C14H27NO4/c1-7-11-10(8-9-16)15(14(5,6)18-11)12(17)19-13(2,3)4/h10-11,16H,7-9H2,1-6H3/t10-,11+/m0/s1. The zero-order valence-electron chi connectivity index (χ0n) is 12.9. The second-order valence-electron chi connectivity index (χ2n) is 6.44. The van der Waals surface area contributed by atoms with Crippen LogP contribution in [0.15, 0.2) is 0 Å². The highest BCUT2D eigenvalue weighted by atomic mass is 16.6. The van der Waals surface area contributed by atoms with Crippen molar-refractivity contribution < 1.29 is 19.4 Å². The van der Waals surface area contributed by atoms with E-state index in [2.05, 4.69) is 0 Å². The lowest BCUT2D eigenvalue weighted by atomic mass is 10.0. The molecule has 1 aliphatic heterocycles. The van der Waals surface area contributed by atoms with Crippen LogP contribution in [-0.2, 0) is 9.47 Å². The number of aliphatic hydroxyl groups is 1. The van der Waals surface area contributed by atoms with Crippen molar-refractivity contribution in [2.24, 2.45) is 0 Å². The Bertz CT molecular complexity index is 322. The molecule has 112 valence electrons. The third kappa shape index (κ3) is 3.83. The molecule has 0 aromatic carbocycles. The molecule has 0 aliphatic carbocycles. The first-order valence-electron chi connectivity index (χ1n) is 6.93. The maximum absolute atomic E-state index is 12.4. The predicted octanol–water partition coefficient (Wildman–Crippen LogP) is 2.52. The summed E-state index contributed by atoms with van der Waals surface area (Å²) in [4.78, 5) is 14.0. The molecule has 5 nitrogen and oxygen atoms in total. The van der Waals surface area contributed by atoms with Crippen molar-refractivity contribution in [2.45, 2.75) is 77.9 Å². The van der Waals surface area contributed by atoms with Crippen LogP contribution in [0.3, 0.4) is 0 Å². The summed E-state index contributed by atoms with van der Waals surface area (Å²) in [5.41, 5.74) is -1.25. The molecule has 0 radical (unpaired) electrons. The first-order chi connectivity index (χ1) is 8.62. The molecule has 5 heteroatoms. The number of carbonyl (C=O) groups is 1. The number of hydrogen-bond acceptors (Lipinski definition) is 4. The third-order valence-corrected chi connectivity index (χ3v) is 3.20. The molecule has 0 unspecified atom stereocenters. The molecule has 2 atom stereocenters. The van der Waals surface area contributed by atoms with Gasteiger partial charge in [0, 0.05) is 6.61 Å². The molecular formula is C14H27NO4. The number of amides is 1. The molecule has 1 rings (SSSR count). The SMILES string of the molecule is CC[C@H]1OC(C)(C)N(C(=O)OC(C)(C)C)[C@H]1CCO. The third-order valence-electron chi connectivity index (χ3n) is 3.20. The van der Waals surface area contributed by atoms with Crippen molar-refractivity contribution in [3.8, 4) is 0 Å². The minimum absolute atomic E-state index is 0.0277. The molecule has 0 bridgehead atoms. The molecule has 0 aromatic heterocycles. The van der Waals surface area contributed by atoms with E-state index in [4.69, 9.17) is 9.47 Å². The molecule has 1 saturated heterocycles. The topological polar surface area (TPSA) is 59.0 Å². The van der Waals surface area contributed by atoms with Gasteiger partial charge in [-0.15, -0.1) is 0 Å². The Kier molecular flexibility index (Phi) is 4.85. The van der Waals surface area contributed by atoms with Crippen molar-refractivity contribution >= 4 is 6.09 Å². The van der Waals surface area contributed by atoms with Crippen LogP contribution < -0.4 is 0 Å². The van der Waals surface area contributed by atoms with Gasteiger partial charge in [0.1, 0.15) is 11.3 Å². The molecule has 1 amide bonds. The summed E-state index contributed by atoms with van der Waals surface area (Å²) in [5, 5.41) is 9.21. The second-order valence-corrected chi connectivity index (χ2v) is 6.44. The van der Waals surface area contributed by atoms with Crippen LogP contribution in [0, 0.1) is 0 Å². The van der Waals surface area contributed by atoms with E-state index < -0.39 is 11.3 Å². The molecule has 19 heavy (non-hydrogen) atoms. The molecule has 0 aromatic rings. The normalized spacial score (nSPS) is 26.6. The van der Waals surface area contributed by atoms with Crippen molar-refractivity contribution in [2.75, 3.05) is 6.61 Å². The highest BCUT2D eigenvalue weighted by Gasteiger charge is 2.50. The quantitative estimate of drug-likeness (QED) is 0.858. The second kappa shape index (κ2) is 5.67. The van der Waals surface area contributed by atoms with Gasteiger partial charge < -0.3 is 14.6 Å². The smallest absolute Gasteiger partial charge is 0.412 e. The minimum atomic E-state index is -0.706. The fourth-order valence-corrected chi connectivity index (χ4v) is 2.54. The highest BCUT2D eigenvalue weighted by Crippen LogP contribution is 2.36.